The first-order valence-corrected chi connectivity index (χ1v) is 22.6. The van der Waals surface area contributed by atoms with Gasteiger partial charge >= 0.3 is 0 Å². The first kappa shape index (κ1) is 35.0. The van der Waals surface area contributed by atoms with Gasteiger partial charge in [0.25, 0.3) is 0 Å². The lowest BCUT2D eigenvalue weighted by molar-refractivity contribution is -0.0535. The fourth-order valence-electron chi connectivity index (χ4n) is 6.09. The number of hydrogen-bond donors (Lipinski definition) is 1. The number of hydrogen-bond acceptors (Lipinski definition) is 7. The van der Waals surface area contributed by atoms with Gasteiger partial charge in [-0.2, -0.15) is 0 Å². The normalized spacial score (nSPS) is 22.3. The summed E-state index contributed by atoms with van der Waals surface area (Å²) in [5.74, 6) is -0.0400. The summed E-state index contributed by atoms with van der Waals surface area (Å²) < 4.78 is 76.3. The number of sulfonamides is 1. The highest BCUT2D eigenvalue weighted by molar-refractivity contribution is 7.95. The highest BCUT2D eigenvalue weighted by Gasteiger charge is 2.46. The summed E-state index contributed by atoms with van der Waals surface area (Å²) in [6, 6.07) is 18.7. The van der Waals surface area contributed by atoms with E-state index in [0.717, 1.165) is 24.8 Å². The first-order valence-electron chi connectivity index (χ1n) is 15.7. The van der Waals surface area contributed by atoms with Crippen LogP contribution in [0.5, 0.6) is 0 Å². The molecule has 1 N–H and O–H groups in total. The summed E-state index contributed by atoms with van der Waals surface area (Å²) in [6.07, 6.45) is 5.81. The largest absolute Gasteiger partial charge is 0.373 e. The zero-order valence-corrected chi connectivity index (χ0v) is 29.0. The molecule has 2 fully saturated rings. The molecule has 1 aliphatic carbocycles. The molecule has 11 heteroatoms. The molecule has 2 atom stereocenters. The van der Waals surface area contributed by atoms with Crippen LogP contribution in [0.4, 0.5) is 0 Å². The van der Waals surface area contributed by atoms with Crippen LogP contribution in [-0.2, 0) is 40.7 Å². The average molecular weight is 664 g/mol. The van der Waals surface area contributed by atoms with Crippen molar-refractivity contribution in [2.75, 3.05) is 25.6 Å². The van der Waals surface area contributed by atoms with E-state index in [4.69, 9.17) is 14.2 Å². The molecule has 1 heterocycles. The fraction of sp³-hybridized carbons (Fsp3) is 0.576. The van der Waals surface area contributed by atoms with E-state index >= 15 is 0 Å². The summed E-state index contributed by atoms with van der Waals surface area (Å²) in [5.41, 5.74) is 0.0334. The lowest BCUT2D eigenvalue weighted by Gasteiger charge is -2.45. The van der Waals surface area contributed by atoms with E-state index < -0.39 is 33.5 Å². The fourth-order valence-corrected chi connectivity index (χ4v) is 12.2. The van der Waals surface area contributed by atoms with Crippen molar-refractivity contribution in [3.8, 4) is 0 Å². The van der Waals surface area contributed by atoms with Crippen LogP contribution in [0, 0.1) is 5.92 Å². The molecule has 244 valence electrons. The maximum Gasteiger partial charge on any atom is 0.211 e. The molecule has 2 aliphatic rings. The zero-order chi connectivity index (χ0) is 31.7. The van der Waals surface area contributed by atoms with Crippen LogP contribution in [0.2, 0.25) is 25.7 Å². The van der Waals surface area contributed by atoms with Gasteiger partial charge in [-0.05, 0) is 61.4 Å². The van der Waals surface area contributed by atoms with Crippen molar-refractivity contribution >= 4 is 27.9 Å². The molecule has 0 bridgehead atoms. The van der Waals surface area contributed by atoms with Crippen LogP contribution in [0.15, 0.2) is 76.5 Å². The monoisotopic (exact) mass is 663 g/mol. The summed E-state index contributed by atoms with van der Waals surface area (Å²) >= 11 is 0. The molecule has 0 spiro atoms. The highest BCUT2D eigenvalue weighted by atomic mass is 32.2. The van der Waals surface area contributed by atoms with Gasteiger partial charge < -0.3 is 14.2 Å². The summed E-state index contributed by atoms with van der Waals surface area (Å²) in [5, 5.41) is 0. The van der Waals surface area contributed by atoms with Crippen molar-refractivity contribution in [2.45, 2.75) is 94.0 Å². The molecule has 1 aliphatic heterocycles. The minimum atomic E-state index is -3.93. The van der Waals surface area contributed by atoms with Gasteiger partial charge in [-0.1, -0.05) is 81.0 Å². The molecular weight excluding hydrogens is 615 g/mol. The van der Waals surface area contributed by atoms with Crippen LogP contribution < -0.4 is 4.72 Å². The van der Waals surface area contributed by atoms with Crippen molar-refractivity contribution < 1.29 is 31.0 Å². The Morgan fingerprint density at radius 3 is 2.27 bits per heavy atom. The Kier molecular flexibility index (Phi) is 12.4. The molecular formula is C33H49NO7S2Si. The Bertz CT molecular complexity index is 1420. The molecule has 4 rings (SSSR count). The zero-order valence-electron chi connectivity index (χ0n) is 26.4. The second-order valence-electron chi connectivity index (χ2n) is 13.2. The van der Waals surface area contributed by atoms with E-state index in [1.54, 1.807) is 36.4 Å². The number of ether oxygens (including phenoxy) is 3. The van der Waals surface area contributed by atoms with Crippen LogP contribution in [0.3, 0.4) is 0 Å². The highest BCUT2D eigenvalue weighted by Crippen LogP contribution is 2.43. The Labute approximate surface area is 265 Å². The van der Waals surface area contributed by atoms with E-state index in [1.165, 1.54) is 0 Å². The van der Waals surface area contributed by atoms with E-state index in [9.17, 15) is 16.8 Å². The molecule has 0 amide bonds. The Morgan fingerprint density at radius 1 is 0.955 bits per heavy atom. The second kappa shape index (κ2) is 15.6. The van der Waals surface area contributed by atoms with Gasteiger partial charge in [-0.25, -0.2) is 21.6 Å². The van der Waals surface area contributed by atoms with Crippen LogP contribution >= 0.6 is 0 Å². The van der Waals surface area contributed by atoms with E-state index in [0.29, 0.717) is 45.1 Å². The smallest absolute Gasteiger partial charge is 0.211 e. The third-order valence-corrected chi connectivity index (χ3v) is 14.0. The van der Waals surface area contributed by atoms with Crippen molar-refractivity contribution in [2.24, 2.45) is 5.92 Å². The molecule has 1 saturated heterocycles. The minimum Gasteiger partial charge on any atom is -0.373 e. The Morgan fingerprint density at radius 2 is 1.61 bits per heavy atom. The molecule has 2 aromatic rings. The predicted octanol–water partition coefficient (Wildman–Crippen LogP) is 6.29. The third kappa shape index (κ3) is 10.3. The lowest BCUT2D eigenvalue weighted by atomic mass is 9.69. The van der Waals surface area contributed by atoms with E-state index in [2.05, 4.69) is 24.4 Å². The molecule has 2 aromatic carbocycles. The van der Waals surface area contributed by atoms with Crippen LogP contribution in [0.25, 0.3) is 0 Å². The van der Waals surface area contributed by atoms with Gasteiger partial charge in [0.05, 0.1) is 37.1 Å². The van der Waals surface area contributed by atoms with Crippen molar-refractivity contribution in [3.63, 3.8) is 0 Å². The third-order valence-electron chi connectivity index (χ3n) is 8.56. The maximum atomic E-state index is 14.2. The summed E-state index contributed by atoms with van der Waals surface area (Å²) in [4.78, 5) is 0.371. The van der Waals surface area contributed by atoms with Crippen molar-refractivity contribution in [1.82, 2.24) is 4.72 Å². The van der Waals surface area contributed by atoms with Crippen LogP contribution in [-0.4, -0.2) is 62.3 Å². The molecule has 44 heavy (non-hydrogen) atoms. The molecule has 8 nitrogen and oxygen atoms in total. The molecule has 0 unspecified atom stereocenters. The number of benzene rings is 2. The Balaban J connectivity index is 1.68. The lowest BCUT2D eigenvalue weighted by Crippen LogP contribution is -2.56. The van der Waals surface area contributed by atoms with Gasteiger partial charge in [0, 0.05) is 24.9 Å². The minimum absolute atomic E-state index is 0.0384. The first-order chi connectivity index (χ1) is 20.9. The summed E-state index contributed by atoms with van der Waals surface area (Å²) in [6.45, 7) is 8.01. The summed E-state index contributed by atoms with van der Waals surface area (Å²) in [7, 11) is -9.26. The van der Waals surface area contributed by atoms with Crippen molar-refractivity contribution in [1.29, 1.82) is 0 Å². The SMILES string of the molecule is C[Si](C)(C)CCS(=O)(=O)N[C@]1(C/C(=C/COCc2ccccc2)S(=O)(=O)c2ccccc2)CCCC[C@H]1CCC1OCCO1. The van der Waals surface area contributed by atoms with E-state index in [-0.39, 0.29) is 40.8 Å². The number of nitrogens with one attached hydrogen (secondary N) is 1. The van der Waals surface area contributed by atoms with Crippen molar-refractivity contribution in [3.05, 3.63) is 77.2 Å². The van der Waals surface area contributed by atoms with Gasteiger partial charge in [-0.15, -0.1) is 0 Å². The van der Waals surface area contributed by atoms with Crippen LogP contribution in [0.1, 0.15) is 50.5 Å². The average Bonchev–Trinajstić information content (AvgIpc) is 3.52. The quantitative estimate of drug-likeness (QED) is 0.166. The maximum absolute atomic E-state index is 14.2. The van der Waals surface area contributed by atoms with Gasteiger partial charge in [-0.3, -0.25) is 0 Å². The van der Waals surface area contributed by atoms with Gasteiger partial charge in [0.1, 0.15) is 0 Å². The standard InChI is InChI=1S/C33H49NO7S2Si/c1-44(2,3)25-24-42(35,36)34-33(20-11-10-14-29(33)17-18-32-40-22-23-41-32)26-31(43(37,38)30-15-8-5-9-16-30)19-21-39-27-28-12-6-4-7-13-28/h4-9,12-13,15-16,19,29,32,34H,10-11,14,17-18,20-27H2,1-3H3/b31-19-/t29-,33-/m0/s1. The molecule has 1 saturated carbocycles. The Hall–Kier alpha value is -1.86. The predicted molar refractivity (Wildman–Crippen MR) is 177 cm³/mol. The van der Waals surface area contributed by atoms with Gasteiger partial charge in [0.15, 0.2) is 6.29 Å². The second-order valence-corrected chi connectivity index (χ2v) is 22.7. The molecule has 0 radical (unpaired) electrons. The number of sulfone groups is 1. The molecule has 0 aromatic heterocycles. The topological polar surface area (TPSA) is 108 Å². The van der Waals surface area contributed by atoms with Gasteiger partial charge in [0.2, 0.25) is 19.9 Å². The number of rotatable bonds is 16. The van der Waals surface area contributed by atoms with E-state index in [1.807, 2.05) is 30.3 Å².